The fourth-order valence-electron chi connectivity index (χ4n) is 3.94. The van der Waals surface area contributed by atoms with Crippen LogP contribution in [0.1, 0.15) is 72.1 Å². The maximum absolute atomic E-state index is 3.96. The summed E-state index contributed by atoms with van der Waals surface area (Å²) < 4.78 is 0. The largest absolute Gasteiger partial charge is 0.311 e. The van der Waals surface area contributed by atoms with Crippen molar-refractivity contribution in [2.75, 3.05) is 13.1 Å². The molecule has 2 heteroatoms. The second-order valence-corrected chi connectivity index (χ2v) is 7.11. The molecule has 0 aromatic heterocycles. The lowest BCUT2D eigenvalue weighted by Gasteiger charge is -2.31. The Morgan fingerprint density at radius 3 is 2.26 bits per heavy atom. The normalized spacial score (nSPS) is 29.4. The van der Waals surface area contributed by atoms with E-state index in [0.29, 0.717) is 0 Å². The quantitative estimate of drug-likeness (QED) is 0.832. The predicted molar refractivity (Wildman–Crippen MR) is 83.5 cm³/mol. The highest BCUT2D eigenvalue weighted by Crippen LogP contribution is 2.27. The summed E-state index contributed by atoms with van der Waals surface area (Å²) in [5.41, 5.74) is 0. The minimum Gasteiger partial charge on any atom is -0.311 e. The van der Waals surface area contributed by atoms with Crippen molar-refractivity contribution in [3.63, 3.8) is 0 Å². The second-order valence-electron chi connectivity index (χ2n) is 7.11. The molecular weight excluding hydrogens is 232 g/mol. The van der Waals surface area contributed by atoms with E-state index in [0.717, 1.165) is 24.0 Å². The molecule has 1 aliphatic heterocycles. The van der Waals surface area contributed by atoms with Gasteiger partial charge in [0.2, 0.25) is 0 Å². The lowest BCUT2D eigenvalue weighted by atomic mass is 9.84. The van der Waals surface area contributed by atoms with E-state index >= 15 is 0 Å². The summed E-state index contributed by atoms with van der Waals surface area (Å²) >= 11 is 0. The number of likely N-dealkylation sites (tertiary alicyclic amines) is 1. The molecule has 2 fully saturated rings. The minimum atomic E-state index is 0.717. The van der Waals surface area contributed by atoms with Crippen molar-refractivity contribution in [1.82, 2.24) is 10.2 Å². The molecule has 0 amide bonds. The molecule has 2 atom stereocenters. The molecule has 2 nitrogen and oxygen atoms in total. The van der Waals surface area contributed by atoms with Crippen molar-refractivity contribution >= 4 is 0 Å². The van der Waals surface area contributed by atoms with E-state index in [4.69, 9.17) is 0 Å². The summed E-state index contributed by atoms with van der Waals surface area (Å²) in [5, 5.41) is 3.96. The Kier molecular flexibility index (Phi) is 6.15. The standard InChI is InChI=1S/C17H34N2/c1-14(2)19-12-7-10-17(11-13-19)18-15(3)16-8-5-4-6-9-16/h14-18H,4-13H2,1-3H3/t15-,17?/m0/s1. The SMILES string of the molecule is CC(C)N1CCCC(N[C@@H](C)C2CCCCC2)CC1. The molecule has 1 saturated carbocycles. The van der Waals surface area contributed by atoms with Crippen LogP contribution in [0.4, 0.5) is 0 Å². The van der Waals surface area contributed by atoms with E-state index in [1.54, 1.807) is 0 Å². The summed E-state index contributed by atoms with van der Waals surface area (Å²) in [4.78, 5) is 2.65. The summed E-state index contributed by atoms with van der Waals surface area (Å²) in [6.07, 6.45) is 11.4. The van der Waals surface area contributed by atoms with Gasteiger partial charge in [0.15, 0.2) is 0 Å². The van der Waals surface area contributed by atoms with Crippen molar-refractivity contribution in [2.24, 2.45) is 5.92 Å². The van der Waals surface area contributed by atoms with Gasteiger partial charge < -0.3 is 10.2 Å². The molecule has 0 aromatic carbocycles. The molecule has 1 aliphatic carbocycles. The van der Waals surface area contributed by atoms with Crippen LogP contribution in [0.3, 0.4) is 0 Å². The molecule has 2 rings (SSSR count). The van der Waals surface area contributed by atoms with Gasteiger partial charge in [-0.3, -0.25) is 0 Å². The van der Waals surface area contributed by atoms with Crippen molar-refractivity contribution in [2.45, 2.75) is 90.3 Å². The van der Waals surface area contributed by atoms with Gasteiger partial charge in [0, 0.05) is 18.1 Å². The predicted octanol–water partition coefficient (Wildman–Crippen LogP) is 3.81. The third kappa shape index (κ3) is 4.75. The molecule has 2 aliphatic rings. The van der Waals surface area contributed by atoms with Crippen LogP contribution in [0, 0.1) is 5.92 Å². The van der Waals surface area contributed by atoms with Crippen LogP contribution < -0.4 is 5.32 Å². The van der Waals surface area contributed by atoms with Crippen LogP contribution >= 0.6 is 0 Å². The van der Waals surface area contributed by atoms with Crippen molar-refractivity contribution in [1.29, 1.82) is 0 Å². The highest BCUT2D eigenvalue weighted by Gasteiger charge is 2.24. The van der Waals surface area contributed by atoms with Crippen LogP contribution in [0.5, 0.6) is 0 Å². The lowest BCUT2D eigenvalue weighted by Crippen LogP contribution is -2.42. The average Bonchev–Trinajstić information content (AvgIpc) is 2.65. The van der Waals surface area contributed by atoms with Crippen LogP contribution in [0.25, 0.3) is 0 Å². The number of nitrogens with one attached hydrogen (secondary N) is 1. The molecular formula is C17H34N2. The van der Waals surface area contributed by atoms with Crippen LogP contribution in [0.2, 0.25) is 0 Å². The molecule has 0 spiro atoms. The van der Waals surface area contributed by atoms with Gasteiger partial charge in [-0.15, -0.1) is 0 Å². The summed E-state index contributed by atoms with van der Waals surface area (Å²) in [5.74, 6) is 0.943. The molecule has 0 radical (unpaired) electrons. The molecule has 1 unspecified atom stereocenters. The zero-order valence-corrected chi connectivity index (χ0v) is 13.3. The van der Waals surface area contributed by atoms with E-state index in [9.17, 15) is 0 Å². The first kappa shape index (κ1) is 15.3. The Bertz CT molecular complexity index is 246. The van der Waals surface area contributed by atoms with E-state index < -0.39 is 0 Å². The fraction of sp³-hybridized carbons (Fsp3) is 1.00. The third-order valence-electron chi connectivity index (χ3n) is 5.35. The zero-order valence-electron chi connectivity index (χ0n) is 13.3. The van der Waals surface area contributed by atoms with Gasteiger partial charge in [0.25, 0.3) is 0 Å². The number of hydrogen-bond donors (Lipinski definition) is 1. The average molecular weight is 266 g/mol. The highest BCUT2D eigenvalue weighted by atomic mass is 15.1. The fourth-order valence-corrected chi connectivity index (χ4v) is 3.94. The smallest absolute Gasteiger partial charge is 0.00823 e. The number of nitrogens with zero attached hydrogens (tertiary/aromatic N) is 1. The minimum absolute atomic E-state index is 0.717. The van der Waals surface area contributed by atoms with Crippen LogP contribution in [0.15, 0.2) is 0 Å². The Morgan fingerprint density at radius 2 is 1.58 bits per heavy atom. The van der Waals surface area contributed by atoms with Gasteiger partial charge in [0.1, 0.15) is 0 Å². The van der Waals surface area contributed by atoms with Gasteiger partial charge in [0.05, 0.1) is 0 Å². The van der Waals surface area contributed by atoms with Gasteiger partial charge in [-0.05, 0) is 71.9 Å². The van der Waals surface area contributed by atoms with E-state index in [1.165, 1.54) is 64.5 Å². The van der Waals surface area contributed by atoms with Gasteiger partial charge >= 0.3 is 0 Å². The van der Waals surface area contributed by atoms with E-state index in [1.807, 2.05) is 0 Å². The van der Waals surface area contributed by atoms with E-state index in [2.05, 4.69) is 31.0 Å². The maximum Gasteiger partial charge on any atom is 0.00823 e. The lowest BCUT2D eigenvalue weighted by molar-refractivity contribution is 0.224. The van der Waals surface area contributed by atoms with Crippen LogP contribution in [-0.4, -0.2) is 36.1 Å². The summed E-state index contributed by atoms with van der Waals surface area (Å²) in [7, 11) is 0. The Hall–Kier alpha value is -0.0800. The number of hydrogen-bond acceptors (Lipinski definition) is 2. The van der Waals surface area contributed by atoms with Gasteiger partial charge in [-0.25, -0.2) is 0 Å². The molecule has 1 heterocycles. The monoisotopic (exact) mass is 266 g/mol. The Morgan fingerprint density at radius 1 is 0.842 bits per heavy atom. The van der Waals surface area contributed by atoms with E-state index in [-0.39, 0.29) is 0 Å². The summed E-state index contributed by atoms with van der Waals surface area (Å²) in [6.45, 7) is 9.68. The first-order valence-corrected chi connectivity index (χ1v) is 8.67. The highest BCUT2D eigenvalue weighted by molar-refractivity contribution is 4.82. The van der Waals surface area contributed by atoms with Crippen molar-refractivity contribution in [3.8, 4) is 0 Å². The molecule has 1 saturated heterocycles. The topological polar surface area (TPSA) is 15.3 Å². The zero-order chi connectivity index (χ0) is 13.7. The third-order valence-corrected chi connectivity index (χ3v) is 5.35. The first-order chi connectivity index (χ1) is 9.16. The molecule has 0 aromatic rings. The van der Waals surface area contributed by atoms with Crippen LogP contribution in [-0.2, 0) is 0 Å². The molecule has 112 valence electrons. The second kappa shape index (κ2) is 7.64. The van der Waals surface area contributed by atoms with Crippen molar-refractivity contribution < 1.29 is 0 Å². The van der Waals surface area contributed by atoms with Crippen molar-refractivity contribution in [3.05, 3.63) is 0 Å². The maximum atomic E-state index is 3.96. The summed E-state index contributed by atoms with van der Waals surface area (Å²) in [6, 6.07) is 2.21. The molecule has 19 heavy (non-hydrogen) atoms. The molecule has 0 bridgehead atoms. The molecule has 1 N–H and O–H groups in total. The number of rotatable bonds is 4. The Balaban J connectivity index is 1.75. The first-order valence-electron chi connectivity index (χ1n) is 8.67. The Labute approximate surface area is 120 Å². The van der Waals surface area contributed by atoms with Gasteiger partial charge in [-0.1, -0.05) is 19.3 Å². The van der Waals surface area contributed by atoms with Gasteiger partial charge in [-0.2, -0.15) is 0 Å².